The van der Waals surface area contributed by atoms with E-state index in [9.17, 15) is 0 Å². The Hall–Kier alpha value is -0.870. The Bertz CT molecular complexity index is 371. The molecular formula is C14H28N4. The maximum atomic E-state index is 4.44. The van der Waals surface area contributed by atoms with Gasteiger partial charge in [-0.25, -0.2) is 0 Å². The van der Waals surface area contributed by atoms with Crippen LogP contribution in [0.1, 0.15) is 30.8 Å². The number of aromatic nitrogens is 2. The fraction of sp³-hybridized carbons (Fsp3) is 0.786. The highest BCUT2D eigenvalue weighted by molar-refractivity contribution is 5.23. The van der Waals surface area contributed by atoms with Crippen molar-refractivity contribution < 1.29 is 0 Å². The van der Waals surface area contributed by atoms with Crippen LogP contribution in [-0.2, 0) is 13.6 Å². The summed E-state index contributed by atoms with van der Waals surface area (Å²) in [6.07, 6.45) is 0. The molecule has 18 heavy (non-hydrogen) atoms. The van der Waals surface area contributed by atoms with Crippen molar-refractivity contribution >= 4 is 0 Å². The lowest BCUT2D eigenvalue weighted by molar-refractivity contribution is 0.224. The van der Waals surface area contributed by atoms with Gasteiger partial charge in [0.15, 0.2) is 0 Å². The molecule has 0 bridgehead atoms. The summed E-state index contributed by atoms with van der Waals surface area (Å²) in [5.74, 6) is 0.656. The second-order valence-electron chi connectivity index (χ2n) is 5.68. The topological polar surface area (TPSA) is 33.1 Å². The van der Waals surface area contributed by atoms with Crippen LogP contribution in [0.3, 0.4) is 0 Å². The molecule has 1 atom stereocenters. The Morgan fingerprint density at radius 3 is 2.28 bits per heavy atom. The third-order valence-electron chi connectivity index (χ3n) is 3.75. The molecule has 0 saturated carbocycles. The van der Waals surface area contributed by atoms with Crippen molar-refractivity contribution in [2.24, 2.45) is 13.0 Å². The fourth-order valence-corrected chi connectivity index (χ4v) is 2.43. The zero-order valence-electron chi connectivity index (χ0n) is 12.9. The lowest BCUT2D eigenvalue weighted by Gasteiger charge is -2.28. The zero-order chi connectivity index (χ0) is 13.9. The van der Waals surface area contributed by atoms with Gasteiger partial charge in [-0.3, -0.25) is 4.68 Å². The van der Waals surface area contributed by atoms with Crippen molar-refractivity contribution in [3.8, 4) is 0 Å². The van der Waals surface area contributed by atoms with Crippen molar-refractivity contribution in [1.29, 1.82) is 0 Å². The predicted molar refractivity (Wildman–Crippen MR) is 76.7 cm³/mol. The molecular weight excluding hydrogens is 224 g/mol. The van der Waals surface area contributed by atoms with E-state index >= 15 is 0 Å². The standard InChI is InChI=1S/C14H28N4/c1-10(2)14(17(5)6)9-15-8-13-11(3)16-18(7)12(13)4/h10,14-15H,8-9H2,1-7H3. The highest BCUT2D eigenvalue weighted by atomic mass is 15.3. The van der Waals surface area contributed by atoms with E-state index in [1.807, 2.05) is 11.7 Å². The van der Waals surface area contributed by atoms with Crippen LogP contribution in [0.2, 0.25) is 0 Å². The van der Waals surface area contributed by atoms with E-state index in [1.54, 1.807) is 0 Å². The third-order valence-corrected chi connectivity index (χ3v) is 3.75. The van der Waals surface area contributed by atoms with Crippen molar-refractivity contribution in [3.63, 3.8) is 0 Å². The van der Waals surface area contributed by atoms with Gasteiger partial charge in [-0.2, -0.15) is 5.10 Å². The minimum Gasteiger partial charge on any atom is -0.311 e. The molecule has 4 nitrogen and oxygen atoms in total. The lowest BCUT2D eigenvalue weighted by Crippen LogP contribution is -2.41. The van der Waals surface area contributed by atoms with Gasteiger partial charge in [0.05, 0.1) is 5.69 Å². The van der Waals surface area contributed by atoms with E-state index in [2.05, 4.69) is 57.1 Å². The summed E-state index contributed by atoms with van der Waals surface area (Å²) in [7, 11) is 6.29. The second-order valence-corrected chi connectivity index (χ2v) is 5.68. The van der Waals surface area contributed by atoms with Gasteiger partial charge < -0.3 is 10.2 Å². The first-order valence-electron chi connectivity index (χ1n) is 6.70. The average Bonchev–Trinajstić information content (AvgIpc) is 2.48. The van der Waals surface area contributed by atoms with E-state index in [0.717, 1.165) is 18.8 Å². The maximum absolute atomic E-state index is 4.44. The average molecular weight is 252 g/mol. The third kappa shape index (κ3) is 3.56. The largest absolute Gasteiger partial charge is 0.311 e. The van der Waals surface area contributed by atoms with E-state index in [4.69, 9.17) is 0 Å². The van der Waals surface area contributed by atoms with Crippen LogP contribution in [0, 0.1) is 19.8 Å². The smallest absolute Gasteiger partial charge is 0.0641 e. The number of nitrogens with zero attached hydrogens (tertiary/aromatic N) is 3. The molecule has 1 N–H and O–H groups in total. The molecule has 1 aromatic rings. The summed E-state index contributed by atoms with van der Waals surface area (Å²) < 4.78 is 1.96. The summed E-state index contributed by atoms with van der Waals surface area (Å²) in [6, 6.07) is 0.572. The number of nitrogens with one attached hydrogen (secondary N) is 1. The van der Waals surface area contributed by atoms with Gasteiger partial charge in [0.2, 0.25) is 0 Å². The fourth-order valence-electron chi connectivity index (χ4n) is 2.43. The van der Waals surface area contributed by atoms with E-state index in [-0.39, 0.29) is 0 Å². The molecule has 0 fully saturated rings. The summed E-state index contributed by atoms with van der Waals surface area (Å²) in [6.45, 7) is 10.7. The molecule has 0 amide bonds. The highest BCUT2D eigenvalue weighted by Gasteiger charge is 2.16. The van der Waals surface area contributed by atoms with E-state index in [1.165, 1.54) is 11.3 Å². The minimum absolute atomic E-state index is 0.572. The predicted octanol–water partition coefficient (Wildman–Crippen LogP) is 1.71. The lowest BCUT2D eigenvalue weighted by atomic mass is 10.0. The maximum Gasteiger partial charge on any atom is 0.0641 e. The summed E-state index contributed by atoms with van der Waals surface area (Å²) in [4.78, 5) is 2.29. The monoisotopic (exact) mass is 252 g/mol. The first kappa shape index (κ1) is 15.2. The Kier molecular flexibility index (Phi) is 5.35. The summed E-state index contributed by atoms with van der Waals surface area (Å²) >= 11 is 0. The molecule has 0 radical (unpaired) electrons. The van der Waals surface area contributed by atoms with Crippen LogP contribution < -0.4 is 5.32 Å². The Balaban J connectivity index is 2.55. The quantitative estimate of drug-likeness (QED) is 0.837. The number of likely N-dealkylation sites (N-methyl/N-ethyl adjacent to an activating group) is 1. The zero-order valence-corrected chi connectivity index (χ0v) is 12.9. The number of aryl methyl sites for hydroxylation is 2. The van der Waals surface area contributed by atoms with Gasteiger partial charge in [0, 0.05) is 37.4 Å². The first-order chi connectivity index (χ1) is 8.34. The molecule has 4 heteroatoms. The van der Waals surface area contributed by atoms with Crippen LogP contribution in [0.25, 0.3) is 0 Å². The molecule has 0 aliphatic heterocycles. The molecule has 0 aliphatic carbocycles. The Morgan fingerprint density at radius 2 is 1.89 bits per heavy atom. The van der Waals surface area contributed by atoms with Crippen molar-refractivity contribution in [1.82, 2.24) is 20.0 Å². The van der Waals surface area contributed by atoms with Crippen LogP contribution in [0.15, 0.2) is 0 Å². The minimum atomic E-state index is 0.572. The summed E-state index contributed by atoms with van der Waals surface area (Å²) in [5, 5.41) is 8.01. The van der Waals surface area contributed by atoms with Gasteiger partial charge in [-0.1, -0.05) is 13.8 Å². The highest BCUT2D eigenvalue weighted by Crippen LogP contribution is 2.12. The van der Waals surface area contributed by atoms with Crippen molar-refractivity contribution in [2.75, 3.05) is 20.6 Å². The molecule has 104 valence electrons. The molecule has 0 aromatic carbocycles. The van der Waals surface area contributed by atoms with Gasteiger partial charge >= 0.3 is 0 Å². The Morgan fingerprint density at radius 1 is 1.28 bits per heavy atom. The molecule has 1 rings (SSSR count). The molecule has 0 saturated heterocycles. The SMILES string of the molecule is Cc1nn(C)c(C)c1CNCC(C(C)C)N(C)C. The van der Waals surface area contributed by atoms with Crippen LogP contribution in [0.4, 0.5) is 0 Å². The van der Waals surface area contributed by atoms with Crippen LogP contribution in [0.5, 0.6) is 0 Å². The van der Waals surface area contributed by atoms with Gasteiger partial charge in [0.25, 0.3) is 0 Å². The molecule has 0 aliphatic rings. The number of hydrogen-bond acceptors (Lipinski definition) is 3. The molecule has 1 aromatic heterocycles. The van der Waals surface area contributed by atoms with Crippen LogP contribution in [-0.4, -0.2) is 41.4 Å². The van der Waals surface area contributed by atoms with Crippen LogP contribution >= 0.6 is 0 Å². The molecule has 0 spiro atoms. The van der Waals surface area contributed by atoms with E-state index < -0.39 is 0 Å². The normalized spacial score (nSPS) is 13.6. The molecule has 1 heterocycles. The van der Waals surface area contributed by atoms with Gasteiger partial charge in [-0.15, -0.1) is 0 Å². The van der Waals surface area contributed by atoms with Crippen molar-refractivity contribution in [3.05, 3.63) is 17.0 Å². The number of hydrogen-bond donors (Lipinski definition) is 1. The first-order valence-corrected chi connectivity index (χ1v) is 6.70. The van der Waals surface area contributed by atoms with Gasteiger partial charge in [0.1, 0.15) is 0 Å². The summed E-state index contributed by atoms with van der Waals surface area (Å²) in [5.41, 5.74) is 3.72. The van der Waals surface area contributed by atoms with Gasteiger partial charge in [-0.05, 0) is 33.9 Å². The van der Waals surface area contributed by atoms with E-state index in [0.29, 0.717) is 12.0 Å². The van der Waals surface area contributed by atoms with Crippen molar-refractivity contribution in [2.45, 2.75) is 40.3 Å². The Labute approximate surface area is 111 Å². The molecule has 1 unspecified atom stereocenters. The number of rotatable bonds is 6. The second kappa shape index (κ2) is 6.34.